The Hall–Kier alpha value is -2.00. The van der Waals surface area contributed by atoms with E-state index in [0.29, 0.717) is 30.6 Å². The number of halogens is 2. The van der Waals surface area contributed by atoms with Crippen LogP contribution in [0.3, 0.4) is 0 Å². The molecule has 1 aliphatic carbocycles. The van der Waals surface area contributed by atoms with E-state index in [2.05, 4.69) is 17.2 Å². The van der Waals surface area contributed by atoms with Crippen molar-refractivity contribution in [1.82, 2.24) is 10.3 Å². The number of hydrogen-bond donors (Lipinski definition) is 2. The highest BCUT2D eigenvalue weighted by molar-refractivity contribution is 5.93. The quantitative estimate of drug-likeness (QED) is 0.393. The number of ether oxygens (including phenoxy) is 2. The molecule has 2 fully saturated rings. The minimum Gasteiger partial charge on any atom is -0.491 e. The van der Waals surface area contributed by atoms with Gasteiger partial charge < -0.3 is 25.4 Å². The van der Waals surface area contributed by atoms with Gasteiger partial charge in [-0.3, -0.25) is 4.79 Å². The molecule has 1 unspecified atom stereocenters. The van der Waals surface area contributed by atoms with Gasteiger partial charge in [0.2, 0.25) is 0 Å². The number of aromatic nitrogens is 1. The highest BCUT2D eigenvalue weighted by Crippen LogP contribution is 2.38. The van der Waals surface area contributed by atoms with Crippen molar-refractivity contribution in [1.29, 1.82) is 0 Å². The lowest BCUT2D eigenvalue weighted by Crippen LogP contribution is -2.56. The van der Waals surface area contributed by atoms with Gasteiger partial charge in [-0.25, -0.2) is 13.8 Å². The molecule has 3 rings (SSSR count). The van der Waals surface area contributed by atoms with E-state index in [4.69, 9.17) is 15.2 Å². The van der Waals surface area contributed by atoms with Crippen LogP contribution in [-0.2, 0) is 4.74 Å². The number of unbranched alkanes of at least 4 members (excludes halogenated alkanes) is 1. The van der Waals surface area contributed by atoms with E-state index < -0.39 is 24.1 Å². The molecule has 2 atom stereocenters. The standard InChI is InChI=1S/C23H36F2N4O3/c1-5-6-9-31-20(26)19(22(2,3)4)28-21(30)16-10-18(32-12-15-7-8-15)17(11-27-16)29-13-23(24,25)14-29/h10-11,15,19-20H,5-9,12-14,26H2,1-4H3,(H,28,30)/t19-,20?/m1/s1. The Kier molecular flexibility index (Phi) is 7.60. The predicted molar refractivity (Wildman–Crippen MR) is 119 cm³/mol. The number of nitrogens with zero attached hydrogens (tertiary/aromatic N) is 2. The summed E-state index contributed by atoms with van der Waals surface area (Å²) in [6, 6.07) is 1.09. The first-order valence-electron chi connectivity index (χ1n) is 11.4. The maximum atomic E-state index is 13.4. The molecule has 1 aromatic rings. The number of nitrogens with two attached hydrogens (primary N) is 1. The first-order chi connectivity index (χ1) is 15.0. The van der Waals surface area contributed by atoms with Gasteiger partial charge in [0.25, 0.3) is 11.8 Å². The number of amides is 1. The summed E-state index contributed by atoms with van der Waals surface area (Å²) in [5.41, 5.74) is 6.53. The molecule has 1 saturated carbocycles. The molecule has 3 N–H and O–H groups in total. The molecule has 1 aliphatic heterocycles. The predicted octanol–water partition coefficient (Wildman–Crippen LogP) is 3.57. The number of hydrogen-bond acceptors (Lipinski definition) is 6. The summed E-state index contributed by atoms with van der Waals surface area (Å²) in [5, 5.41) is 2.95. The molecule has 1 aromatic heterocycles. The lowest BCUT2D eigenvalue weighted by atomic mass is 9.85. The van der Waals surface area contributed by atoms with Crippen molar-refractivity contribution < 1.29 is 23.0 Å². The summed E-state index contributed by atoms with van der Waals surface area (Å²) >= 11 is 0. The van der Waals surface area contributed by atoms with Gasteiger partial charge in [0, 0.05) is 12.7 Å². The largest absolute Gasteiger partial charge is 0.491 e. The lowest BCUT2D eigenvalue weighted by molar-refractivity contribution is -0.0265. The van der Waals surface area contributed by atoms with Crippen LogP contribution in [0, 0.1) is 11.3 Å². The average molecular weight is 455 g/mol. The zero-order chi connectivity index (χ0) is 23.5. The smallest absolute Gasteiger partial charge is 0.282 e. The monoisotopic (exact) mass is 454 g/mol. The summed E-state index contributed by atoms with van der Waals surface area (Å²) in [7, 11) is 0. The Morgan fingerprint density at radius 1 is 1.38 bits per heavy atom. The average Bonchev–Trinajstić information content (AvgIpc) is 3.52. The van der Waals surface area contributed by atoms with Gasteiger partial charge >= 0.3 is 0 Å². The Labute approximate surface area is 189 Å². The van der Waals surface area contributed by atoms with Gasteiger partial charge in [-0.15, -0.1) is 0 Å². The Balaban J connectivity index is 1.74. The number of alkyl halides is 2. The van der Waals surface area contributed by atoms with Crippen molar-refractivity contribution in [2.75, 3.05) is 31.2 Å². The summed E-state index contributed by atoms with van der Waals surface area (Å²) in [5.74, 6) is -2.23. The van der Waals surface area contributed by atoms with E-state index in [0.717, 1.165) is 25.7 Å². The van der Waals surface area contributed by atoms with Gasteiger partial charge in [-0.1, -0.05) is 34.1 Å². The van der Waals surface area contributed by atoms with E-state index in [1.807, 2.05) is 20.8 Å². The second-order valence-electron chi connectivity index (χ2n) is 10.0. The molecule has 2 aliphatic rings. The molecule has 0 bridgehead atoms. The topological polar surface area (TPSA) is 89.7 Å². The maximum absolute atomic E-state index is 13.4. The second kappa shape index (κ2) is 9.87. The number of pyridine rings is 1. The minimum absolute atomic E-state index is 0.154. The molecular formula is C23H36F2N4O3. The maximum Gasteiger partial charge on any atom is 0.282 e. The van der Waals surface area contributed by atoms with Crippen LogP contribution in [0.4, 0.5) is 14.5 Å². The van der Waals surface area contributed by atoms with Crippen molar-refractivity contribution in [3.8, 4) is 5.75 Å². The minimum atomic E-state index is -2.71. The van der Waals surface area contributed by atoms with Crippen LogP contribution >= 0.6 is 0 Å². The summed E-state index contributed by atoms with van der Waals surface area (Å²) in [4.78, 5) is 18.8. The van der Waals surface area contributed by atoms with E-state index in [-0.39, 0.29) is 24.2 Å². The molecule has 7 nitrogen and oxygen atoms in total. The van der Waals surface area contributed by atoms with E-state index >= 15 is 0 Å². The third-order valence-corrected chi connectivity index (χ3v) is 5.79. The molecule has 180 valence electrons. The fourth-order valence-electron chi connectivity index (χ4n) is 3.55. The van der Waals surface area contributed by atoms with Crippen LogP contribution in [0.1, 0.15) is 63.9 Å². The molecule has 0 radical (unpaired) electrons. The Morgan fingerprint density at radius 3 is 2.62 bits per heavy atom. The summed E-state index contributed by atoms with van der Waals surface area (Å²) in [6.07, 6.45) is 4.84. The number of carbonyl (C=O) groups is 1. The third kappa shape index (κ3) is 6.51. The fourth-order valence-corrected chi connectivity index (χ4v) is 3.55. The Bertz CT molecular complexity index is 788. The molecule has 0 aromatic carbocycles. The van der Waals surface area contributed by atoms with Crippen molar-refractivity contribution in [2.24, 2.45) is 17.1 Å². The van der Waals surface area contributed by atoms with E-state index in [1.54, 1.807) is 0 Å². The van der Waals surface area contributed by atoms with E-state index in [9.17, 15) is 13.6 Å². The van der Waals surface area contributed by atoms with Gasteiger partial charge in [0.1, 0.15) is 17.7 Å². The van der Waals surface area contributed by atoms with Crippen LogP contribution in [0.25, 0.3) is 0 Å². The third-order valence-electron chi connectivity index (χ3n) is 5.79. The highest BCUT2D eigenvalue weighted by Gasteiger charge is 2.45. The molecule has 1 amide bonds. The van der Waals surface area contributed by atoms with Gasteiger partial charge in [0.05, 0.1) is 37.6 Å². The van der Waals surface area contributed by atoms with Crippen molar-refractivity contribution >= 4 is 11.6 Å². The van der Waals surface area contributed by atoms with Gasteiger partial charge in [0.15, 0.2) is 0 Å². The van der Waals surface area contributed by atoms with Crippen molar-refractivity contribution in [2.45, 2.75) is 71.6 Å². The number of nitrogens with one attached hydrogen (secondary N) is 1. The number of rotatable bonds is 11. The number of carbonyl (C=O) groups excluding carboxylic acids is 1. The highest BCUT2D eigenvalue weighted by atomic mass is 19.3. The van der Waals surface area contributed by atoms with Crippen LogP contribution < -0.4 is 20.7 Å². The zero-order valence-electron chi connectivity index (χ0n) is 19.5. The molecule has 2 heterocycles. The molecule has 0 spiro atoms. The van der Waals surface area contributed by atoms with Crippen LogP contribution in [0.2, 0.25) is 0 Å². The first-order valence-corrected chi connectivity index (χ1v) is 11.4. The van der Waals surface area contributed by atoms with Crippen LogP contribution in [0.5, 0.6) is 5.75 Å². The van der Waals surface area contributed by atoms with E-state index in [1.165, 1.54) is 17.2 Å². The second-order valence-corrected chi connectivity index (χ2v) is 10.0. The SMILES string of the molecule is CCCCOC(N)[C@@H](NC(=O)c1cc(OCC2CC2)c(N2CC(F)(F)C2)cn1)C(C)(C)C. The van der Waals surface area contributed by atoms with Gasteiger partial charge in [-0.2, -0.15) is 0 Å². The van der Waals surface area contributed by atoms with Crippen LogP contribution in [-0.4, -0.2) is 55.4 Å². The fraction of sp³-hybridized carbons (Fsp3) is 0.739. The number of anilines is 1. The van der Waals surface area contributed by atoms with Crippen LogP contribution in [0.15, 0.2) is 12.3 Å². The Morgan fingerprint density at radius 2 is 2.06 bits per heavy atom. The lowest BCUT2D eigenvalue weighted by Gasteiger charge is -2.40. The molecule has 1 saturated heterocycles. The summed E-state index contributed by atoms with van der Waals surface area (Å²) < 4.78 is 38.4. The molecule has 32 heavy (non-hydrogen) atoms. The van der Waals surface area contributed by atoms with Crippen molar-refractivity contribution in [3.05, 3.63) is 18.0 Å². The normalized spacial score (nSPS) is 19.8. The van der Waals surface area contributed by atoms with Crippen molar-refractivity contribution in [3.63, 3.8) is 0 Å². The summed E-state index contributed by atoms with van der Waals surface area (Å²) in [6.45, 7) is 8.27. The molecule has 9 heteroatoms. The molecular weight excluding hydrogens is 418 g/mol. The first kappa shape index (κ1) is 24.6. The van der Waals surface area contributed by atoms with Gasteiger partial charge in [-0.05, 0) is 30.6 Å². The zero-order valence-corrected chi connectivity index (χ0v) is 19.5.